The van der Waals surface area contributed by atoms with Crippen molar-refractivity contribution >= 4 is 12.0 Å². The van der Waals surface area contributed by atoms with Crippen LogP contribution in [0.25, 0.3) is 6.08 Å². The highest BCUT2D eigenvalue weighted by molar-refractivity contribution is 5.73. The Kier molecular flexibility index (Phi) is 5.05. The first kappa shape index (κ1) is 15.2. The van der Waals surface area contributed by atoms with E-state index >= 15 is 0 Å². The second-order valence-corrected chi connectivity index (χ2v) is 4.01. The maximum absolute atomic E-state index is 10.6. The number of rotatable bonds is 2. The smallest absolute Gasteiger partial charge is 0.475 e. The number of alkyl halides is 3. The molecule has 0 aromatic carbocycles. The molecule has 4 nitrogen and oxygen atoms in total. The molecule has 2 rings (SSSR count). The number of carbonyl (C=O) groups is 1. The van der Waals surface area contributed by atoms with Gasteiger partial charge in [-0.25, -0.2) is 4.79 Å². The molecule has 1 aromatic heterocycles. The fraction of sp³-hybridized carbons (Fsp3) is 0.333. The molecule has 3 N–H and O–H groups in total. The molecule has 0 spiro atoms. The standard InChI is InChI=1S/C10H12N2.C2HF3O2/c11-10-6-9(10)4-3-8-2-1-5-12-7-8;3-2(4,5)1(6)7/h1-5,7,9-10H,6,11H2;(H,6,7)/b4-3+;. The van der Waals surface area contributed by atoms with Gasteiger partial charge in [0.1, 0.15) is 0 Å². The predicted octanol–water partition coefficient (Wildman–Crippen LogP) is 2.08. The summed E-state index contributed by atoms with van der Waals surface area (Å²) in [4.78, 5) is 12.9. The van der Waals surface area contributed by atoms with Crippen LogP contribution in [0, 0.1) is 5.92 Å². The van der Waals surface area contributed by atoms with E-state index in [9.17, 15) is 13.2 Å². The van der Waals surface area contributed by atoms with Gasteiger partial charge in [0, 0.05) is 18.4 Å². The Bertz CT molecular complexity index is 446. The minimum atomic E-state index is -5.08. The second-order valence-electron chi connectivity index (χ2n) is 4.01. The third kappa shape index (κ3) is 6.01. The van der Waals surface area contributed by atoms with Crippen LogP contribution in [0.1, 0.15) is 12.0 Å². The number of carboxylic acid groups (broad SMARTS) is 1. The SMILES string of the molecule is NC1CC1/C=C/c1cccnc1.O=C(O)C(F)(F)F. The van der Waals surface area contributed by atoms with Crippen molar-refractivity contribution in [3.63, 3.8) is 0 Å². The third-order valence-electron chi connectivity index (χ3n) is 2.35. The Morgan fingerprint density at radius 3 is 2.47 bits per heavy atom. The lowest BCUT2D eigenvalue weighted by atomic mass is 10.2. The topological polar surface area (TPSA) is 76.2 Å². The number of hydrogen-bond donors (Lipinski definition) is 2. The second kappa shape index (κ2) is 6.33. The van der Waals surface area contributed by atoms with Gasteiger partial charge in [0.25, 0.3) is 0 Å². The quantitative estimate of drug-likeness (QED) is 0.865. The number of aromatic nitrogens is 1. The van der Waals surface area contributed by atoms with Crippen molar-refractivity contribution in [1.82, 2.24) is 4.98 Å². The minimum absolute atomic E-state index is 0.401. The van der Waals surface area contributed by atoms with Crippen molar-refractivity contribution in [1.29, 1.82) is 0 Å². The third-order valence-corrected chi connectivity index (χ3v) is 2.35. The molecule has 2 unspecified atom stereocenters. The molecule has 19 heavy (non-hydrogen) atoms. The average molecular weight is 274 g/mol. The molecule has 1 aliphatic rings. The Morgan fingerprint density at radius 2 is 2.11 bits per heavy atom. The highest BCUT2D eigenvalue weighted by Gasteiger charge is 2.38. The first-order chi connectivity index (χ1) is 8.80. The van der Waals surface area contributed by atoms with E-state index in [0.717, 1.165) is 12.0 Å². The average Bonchev–Trinajstić information content (AvgIpc) is 3.04. The molecule has 1 aromatic rings. The van der Waals surface area contributed by atoms with Gasteiger partial charge in [-0.3, -0.25) is 4.98 Å². The predicted molar refractivity (Wildman–Crippen MR) is 63.0 cm³/mol. The van der Waals surface area contributed by atoms with E-state index in [1.54, 1.807) is 6.20 Å². The van der Waals surface area contributed by atoms with Gasteiger partial charge in [-0.1, -0.05) is 18.2 Å². The van der Waals surface area contributed by atoms with Gasteiger partial charge in [-0.05, 0) is 24.0 Å². The largest absolute Gasteiger partial charge is 0.490 e. The van der Waals surface area contributed by atoms with Gasteiger partial charge in [-0.2, -0.15) is 13.2 Å². The van der Waals surface area contributed by atoms with Crippen molar-refractivity contribution in [2.24, 2.45) is 11.7 Å². The van der Waals surface area contributed by atoms with Crippen molar-refractivity contribution in [2.75, 3.05) is 0 Å². The molecular weight excluding hydrogens is 261 g/mol. The number of nitrogens with zero attached hydrogens (tertiary/aromatic N) is 1. The van der Waals surface area contributed by atoms with Crippen LogP contribution >= 0.6 is 0 Å². The van der Waals surface area contributed by atoms with Crippen LogP contribution in [0.5, 0.6) is 0 Å². The zero-order chi connectivity index (χ0) is 14.5. The Labute approximate surface area is 107 Å². The van der Waals surface area contributed by atoms with Gasteiger partial charge >= 0.3 is 12.1 Å². The summed E-state index contributed by atoms with van der Waals surface area (Å²) in [5.41, 5.74) is 6.81. The molecule has 0 radical (unpaired) electrons. The van der Waals surface area contributed by atoms with Crippen LogP contribution in [0.2, 0.25) is 0 Å². The van der Waals surface area contributed by atoms with E-state index < -0.39 is 12.1 Å². The number of pyridine rings is 1. The van der Waals surface area contributed by atoms with Gasteiger partial charge in [-0.15, -0.1) is 0 Å². The van der Waals surface area contributed by atoms with Crippen LogP contribution in [0.3, 0.4) is 0 Å². The van der Waals surface area contributed by atoms with E-state index in [-0.39, 0.29) is 0 Å². The lowest BCUT2D eigenvalue weighted by molar-refractivity contribution is -0.192. The molecule has 1 saturated carbocycles. The van der Waals surface area contributed by atoms with Crippen molar-refractivity contribution in [2.45, 2.75) is 18.6 Å². The summed E-state index contributed by atoms with van der Waals surface area (Å²) >= 11 is 0. The summed E-state index contributed by atoms with van der Waals surface area (Å²) in [6, 6.07) is 4.38. The maximum atomic E-state index is 10.6. The van der Waals surface area contributed by atoms with E-state index in [1.807, 2.05) is 18.3 Å². The monoisotopic (exact) mass is 274 g/mol. The van der Waals surface area contributed by atoms with Crippen LogP contribution in [0.4, 0.5) is 13.2 Å². The maximum Gasteiger partial charge on any atom is 0.490 e. The first-order valence-electron chi connectivity index (χ1n) is 5.44. The Balaban J connectivity index is 0.000000224. The van der Waals surface area contributed by atoms with Gasteiger partial charge in [0.15, 0.2) is 0 Å². The lowest BCUT2D eigenvalue weighted by Gasteiger charge is -1.93. The van der Waals surface area contributed by atoms with E-state index in [0.29, 0.717) is 12.0 Å². The van der Waals surface area contributed by atoms with Crippen molar-refractivity contribution in [3.8, 4) is 0 Å². The van der Waals surface area contributed by atoms with Crippen LogP contribution < -0.4 is 5.73 Å². The number of nitrogens with two attached hydrogens (primary N) is 1. The number of carboxylic acids is 1. The zero-order valence-electron chi connectivity index (χ0n) is 9.84. The summed E-state index contributed by atoms with van der Waals surface area (Å²) in [5, 5.41) is 7.12. The fourth-order valence-corrected chi connectivity index (χ4v) is 1.17. The lowest BCUT2D eigenvalue weighted by Crippen LogP contribution is -2.21. The van der Waals surface area contributed by atoms with Gasteiger partial charge in [0.05, 0.1) is 0 Å². The van der Waals surface area contributed by atoms with E-state index in [2.05, 4.69) is 17.1 Å². The van der Waals surface area contributed by atoms with Crippen LogP contribution in [-0.2, 0) is 4.79 Å². The normalized spacial score (nSPS) is 21.7. The number of hydrogen-bond acceptors (Lipinski definition) is 3. The van der Waals surface area contributed by atoms with Crippen molar-refractivity contribution < 1.29 is 23.1 Å². The van der Waals surface area contributed by atoms with Gasteiger partial charge in [0.2, 0.25) is 0 Å². The molecule has 0 bridgehead atoms. The van der Waals surface area contributed by atoms with Crippen molar-refractivity contribution in [3.05, 3.63) is 36.2 Å². The molecule has 0 saturated heterocycles. The Hall–Kier alpha value is -1.89. The summed E-state index contributed by atoms with van der Waals surface area (Å²) in [7, 11) is 0. The minimum Gasteiger partial charge on any atom is -0.475 e. The highest BCUT2D eigenvalue weighted by atomic mass is 19.4. The fourth-order valence-electron chi connectivity index (χ4n) is 1.17. The molecule has 2 atom stereocenters. The number of aliphatic carboxylic acids is 1. The van der Waals surface area contributed by atoms with Crippen LogP contribution in [0.15, 0.2) is 30.6 Å². The Morgan fingerprint density at radius 1 is 1.53 bits per heavy atom. The zero-order valence-corrected chi connectivity index (χ0v) is 9.84. The molecule has 7 heteroatoms. The van der Waals surface area contributed by atoms with Crippen LogP contribution in [-0.4, -0.2) is 28.3 Å². The molecule has 0 aliphatic heterocycles. The summed E-state index contributed by atoms with van der Waals surface area (Å²) in [6.45, 7) is 0. The highest BCUT2D eigenvalue weighted by Crippen LogP contribution is 2.29. The summed E-state index contributed by atoms with van der Waals surface area (Å²) in [6.07, 6.45) is 3.94. The van der Waals surface area contributed by atoms with E-state index in [4.69, 9.17) is 15.6 Å². The summed E-state index contributed by atoms with van der Waals surface area (Å²) in [5.74, 6) is -2.15. The molecule has 0 amide bonds. The molecule has 104 valence electrons. The molecule has 1 fully saturated rings. The molecular formula is C12H13F3N2O2. The summed E-state index contributed by atoms with van der Waals surface area (Å²) < 4.78 is 31.7. The first-order valence-corrected chi connectivity index (χ1v) is 5.44. The number of halogens is 3. The molecule has 1 aliphatic carbocycles. The van der Waals surface area contributed by atoms with E-state index in [1.165, 1.54) is 0 Å². The van der Waals surface area contributed by atoms with Gasteiger partial charge < -0.3 is 10.8 Å². The molecule has 1 heterocycles.